The molecule has 0 fully saturated rings. The summed E-state index contributed by atoms with van der Waals surface area (Å²) >= 11 is 0. The van der Waals surface area contributed by atoms with Crippen molar-refractivity contribution in [2.75, 3.05) is 18.9 Å². The van der Waals surface area contributed by atoms with Crippen molar-refractivity contribution in [1.29, 1.82) is 0 Å². The van der Waals surface area contributed by atoms with Crippen molar-refractivity contribution < 1.29 is 18.0 Å². The van der Waals surface area contributed by atoms with Crippen LogP contribution in [-0.4, -0.2) is 34.4 Å². The van der Waals surface area contributed by atoms with E-state index in [9.17, 15) is 18.0 Å². The Labute approximate surface area is 143 Å². The van der Waals surface area contributed by atoms with Gasteiger partial charge in [0, 0.05) is 19.7 Å². The zero-order valence-electron chi connectivity index (χ0n) is 14.2. The zero-order chi connectivity index (χ0) is 18.6. The average molecular weight is 352 g/mol. The molecule has 1 heterocycles. The molecule has 0 bridgehead atoms. The predicted molar refractivity (Wildman–Crippen MR) is 88.2 cm³/mol. The molecule has 0 aliphatic carbocycles. The highest BCUT2D eigenvalue weighted by atomic mass is 19.2. The fraction of sp³-hybridized carbons (Fsp3) is 0.353. The van der Waals surface area contributed by atoms with Crippen LogP contribution < -0.4 is 5.32 Å². The SMILES string of the molecule is CCCCN(C)C(=O)c1cc(Nc2ccc(F)c(F)c2F)nc(C)n1. The Morgan fingerprint density at radius 3 is 2.60 bits per heavy atom. The molecule has 0 aliphatic heterocycles. The second-order valence-corrected chi connectivity index (χ2v) is 5.61. The van der Waals surface area contributed by atoms with Crippen molar-refractivity contribution in [1.82, 2.24) is 14.9 Å². The molecule has 0 spiro atoms. The lowest BCUT2D eigenvalue weighted by Crippen LogP contribution is -2.28. The van der Waals surface area contributed by atoms with Crippen LogP contribution in [0, 0.1) is 24.4 Å². The monoisotopic (exact) mass is 352 g/mol. The van der Waals surface area contributed by atoms with Gasteiger partial charge in [-0.25, -0.2) is 23.1 Å². The van der Waals surface area contributed by atoms with Crippen molar-refractivity contribution in [2.45, 2.75) is 26.7 Å². The number of aryl methyl sites for hydroxylation is 1. The number of nitrogens with zero attached hydrogens (tertiary/aromatic N) is 3. The van der Waals surface area contributed by atoms with Gasteiger partial charge in [0.1, 0.15) is 17.3 Å². The van der Waals surface area contributed by atoms with Gasteiger partial charge in [-0.15, -0.1) is 0 Å². The lowest BCUT2D eigenvalue weighted by atomic mass is 10.2. The topological polar surface area (TPSA) is 58.1 Å². The number of unbranched alkanes of at least 4 members (excludes halogenated alkanes) is 1. The number of aromatic nitrogens is 2. The first kappa shape index (κ1) is 18.7. The number of benzene rings is 1. The van der Waals surface area contributed by atoms with E-state index in [1.54, 1.807) is 14.0 Å². The fourth-order valence-electron chi connectivity index (χ4n) is 2.19. The molecule has 1 aromatic heterocycles. The average Bonchev–Trinajstić information content (AvgIpc) is 2.59. The first-order valence-corrected chi connectivity index (χ1v) is 7.85. The van der Waals surface area contributed by atoms with Gasteiger partial charge in [0.15, 0.2) is 17.5 Å². The highest BCUT2D eigenvalue weighted by Gasteiger charge is 2.17. The highest BCUT2D eigenvalue weighted by molar-refractivity contribution is 5.93. The van der Waals surface area contributed by atoms with E-state index in [4.69, 9.17) is 0 Å². The Balaban J connectivity index is 2.27. The second-order valence-electron chi connectivity index (χ2n) is 5.61. The summed E-state index contributed by atoms with van der Waals surface area (Å²) in [4.78, 5) is 22.1. The third-order valence-electron chi connectivity index (χ3n) is 3.55. The number of hydrogen-bond donors (Lipinski definition) is 1. The molecular weight excluding hydrogens is 333 g/mol. The van der Waals surface area contributed by atoms with Gasteiger partial charge >= 0.3 is 0 Å². The quantitative estimate of drug-likeness (QED) is 0.803. The van der Waals surface area contributed by atoms with Crippen LogP contribution in [0.2, 0.25) is 0 Å². The van der Waals surface area contributed by atoms with E-state index in [1.807, 2.05) is 6.92 Å². The summed E-state index contributed by atoms with van der Waals surface area (Å²) in [7, 11) is 1.66. The number of halogens is 3. The maximum atomic E-state index is 13.8. The summed E-state index contributed by atoms with van der Waals surface area (Å²) < 4.78 is 40.1. The van der Waals surface area contributed by atoms with Crippen molar-refractivity contribution >= 4 is 17.4 Å². The van der Waals surface area contributed by atoms with E-state index in [-0.39, 0.29) is 23.1 Å². The summed E-state index contributed by atoms with van der Waals surface area (Å²) in [5, 5.41) is 2.55. The lowest BCUT2D eigenvalue weighted by Gasteiger charge is -2.17. The van der Waals surface area contributed by atoms with Gasteiger partial charge in [-0.1, -0.05) is 13.3 Å². The van der Waals surface area contributed by atoms with Gasteiger partial charge < -0.3 is 10.2 Å². The molecule has 1 amide bonds. The van der Waals surface area contributed by atoms with E-state index in [2.05, 4.69) is 15.3 Å². The van der Waals surface area contributed by atoms with E-state index < -0.39 is 17.5 Å². The summed E-state index contributed by atoms with van der Waals surface area (Å²) in [6, 6.07) is 3.21. The normalized spacial score (nSPS) is 10.6. The lowest BCUT2D eigenvalue weighted by molar-refractivity contribution is 0.0787. The van der Waals surface area contributed by atoms with E-state index >= 15 is 0 Å². The molecule has 0 atom stereocenters. The fourth-order valence-corrected chi connectivity index (χ4v) is 2.19. The molecule has 0 aliphatic rings. The summed E-state index contributed by atoms with van der Waals surface area (Å²) in [5.41, 5.74) is -0.147. The Hall–Kier alpha value is -2.64. The maximum Gasteiger partial charge on any atom is 0.272 e. The first-order chi connectivity index (χ1) is 11.8. The number of amides is 1. The third kappa shape index (κ3) is 4.46. The van der Waals surface area contributed by atoms with Crippen LogP contribution in [0.25, 0.3) is 0 Å². The van der Waals surface area contributed by atoms with Crippen molar-refractivity contribution in [3.8, 4) is 0 Å². The number of hydrogen-bond acceptors (Lipinski definition) is 4. The zero-order valence-corrected chi connectivity index (χ0v) is 14.2. The van der Waals surface area contributed by atoms with E-state index in [0.29, 0.717) is 12.4 Å². The molecule has 0 radical (unpaired) electrons. The standard InChI is InChI=1S/C17H19F3N4O/c1-4-5-8-24(3)17(25)13-9-14(22-10(2)21-13)23-12-7-6-11(18)15(19)16(12)20/h6-7,9H,4-5,8H2,1-3H3,(H,21,22,23). The van der Waals surface area contributed by atoms with Crippen molar-refractivity contribution in [3.05, 3.63) is 47.2 Å². The molecule has 2 aromatic rings. The van der Waals surface area contributed by atoms with Gasteiger partial charge in [-0.2, -0.15) is 0 Å². The first-order valence-electron chi connectivity index (χ1n) is 7.85. The Kier molecular flexibility index (Phi) is 5.95. The van der Waals surface area contributed by atoms with Crippen LogP contribution in [0.4, 0.5) is 24.7 Å². The second kappa shape index (κ2) is 7.96. The minimum Gasteiger partial charge on any atom is -0.340 e. The van der Waals surface area contributed by atoms with Crippen LogP contribution in [0.1, 0.15) is 36.1 Å². The molecule has 0 unspecified atom stereocenters. The van der Waals surface area contributed by atoms with Gasteiger partial charge in [-0.05, 0) is 25.5 Å². The molecule has 0 saturated heterocycles. The van der Waals surface area contributed by atoms with Gasteiger partial charge in [0.05, 0.1) is 5.69 Å². The van der Waals surface area contributed by atoms with Crippen LogP contribution in [0.15, 0.2) is 18.2 Å². The van der Waals surface area contributed by atoms with Crippen LogP contribution in [-0.2, 0) is 0 Å². The maximum absolute atomic E-state index is 13.8. The molecular formula is C17H19F3N4O. The smallest absolute Gasteiger partial charge is 0.272 e. The molecule has 25 heavy (non-hydrogen) atoms. The minimum absolute atomic E-state index is 0.115. The molecule has 134 valence electrons. The number of carbonyl (C=O) groups is 1. The van der Waals surface area contributed by atoms with Crippen LogP contribution in [0.3, 0.4) is 0 Å². The van der Waals surface area contributed by atoms with Gasteiger partial charge in [0.2, 0.25) is 0 Å². The van der Waals surface area contributed by atoms with Crippen molar-refractivity contribution in [3.63, 3.8) is 0 Å². The highest BCUT2D eigenvalue weighted by Crippen LogP contribution is 2.23. The van der Waals surface area contributed by atoms with E-state index in [1.165, 1.54) is 11.0 Å². The van der Waals surface area contributed by atoms with E-state index in [0.717, 1.165) is 25.0 Å². The third-order valence-corrected chi connectivity index (χ3v) is 3.55. The number of carbonyl (C=O) groups excluding carboxylic acids is 1. The predicted octanol–water partition coefficient (Wildman–Crippen LogP) is 3.82. The van der Waals surface area contributed by atoms with Crippen LogP contribution in [0.5, 0.6) is 0 Å². The molecule has 8 heteroatoms. The minimum atomic E-state index is -1.58. The van der Waals surface area contributed by atoms with Crippen molar-refractivity contribution in [2.24, 2.45) is 0 Å². The molecule has 1 aromatic carbocycles. The Morgan fingerprint density at radius 2 is 1.92 bits per heavy atom. The number of anilines is 2. The Morgan fingerprint density at radius 1 is 1.20 bits per heavy atom. The summed E-state index contributed by atoms with van der Waals surface area (Å²) in [5.74, 6) is -4.11. The molecule has 1 N–H and O–H groups in total. The van der Waals surface area contributed by atoms with Crippen LogP contribution >= 0.6 is 0 Å². The summed E-state index contributed by atoms with van der Waals surface area (Å²) in [6.45, 7) is 4.18. The van der Waals surface area contributed by atoms with Gasteiger partial charge in [0.25, 0.3) is 5.91 Å². The Bertz CT molecular complexity index is 783. The summed E-state index contributed by atoms with van der Waals surface area (Å²) in [6.07, 6.45) is 1.81. The number of nitrogens with one attached hydrogen (secondary N) is 1. The molecule has 0 saturated carbocycles. The van der Waals surface area contributed by atoms with Gasteiger partial charge in [-0.3, -0.25) is 4.79 Å². The number of rotatable bonds is 6. The molecule has 5 nitrogen and oxygen atoms in total. The largest absolute Gasteiger partial charge is 0.340 e. The molecule has 2 rings (SSSR count).